The first kappa shape index (κ1) is 681. The summed E-state index contributed by atoms with van der Waals surface area (Å²) < 4.78 is 0. The van der Waals surface area contributed by atoms with Gasteiger partial charge in [0.05, 0.1) is 0 Å². The van der Waals surface area contributed by atoms with Crippen molar-refractivity contribution in [2.24, 2.45) is 0 Å². The van der Waals surface area contributed by atoms with Crippen molar-refractivity contribution in [3.63, 3.8) is 0 Å². The van der Waals surface area contributed by atoms with Crippen LogP contribution < -0.4 is 0 Å². The zero-order chi connectivity index (χ0) is 0. The Bertz CT molecular complexity index is 4.00. The molecule has 0 aliphatic heterocycles. The van der Waals surface area contributed by atoms with Crippen LogP contribution in [0.2, 0.25) is 0 Å². The zero-order valence-corrected chi connectivity index (χ0v) is 2.41. The Balaban J connectivity index is 0. The predicted molar refractivity (Wildman–Crippen MR) is 18.7 cm³/mol. The van der Waals surface area contributed by atoms with E-state index in [0.29, 0.717) is 0 Å². The molecule has 16 valence electrons. The van der Waals surface area contributed by atoms with Gasteiger partial charge in [-0.15, -0.1) is 0 Å². The molecule has 0 unspecified atom stereocenters. The molecule has 0 aliphatic rings. The van der Waals surface area contributed by atoms with Crippen LogP contribution >= 0.6 is 0 Å². The van der Waals surface area contributed by atoms with E-state index >= 15 is 0 Å². The van der Waals surface area contributed by atoms with Gasteiger partial charge in [-0.2, -0.15) is 0 Å². The Morgan fingerprint density at radius 3 is 0.500 bits per heavy atom. The molecule has 0 saturated heterocycles. The fraction of sp³-hybridized carbons (Fsp3) is 0. The van der Waals surface area contributed by atoms with Crippen LogP contribution in [0.25, 0.3) is 0 Å². The molecule has 0 bridgehead atoms. The van der Waals surface area contributed by atoms with Crippen LogP contribution in [0.15, 0.2) is 0 Å². The van der Waals surface area contributed by atoms with Crippen molar-refractivity contribution in [1.29, 1.82) is 0 Å². The first-order valence-electron chi connectivity index (χ1n) is 0. The molecule has 4 heteroatoms. The fourth-order valence-electron chi connectivity index (χ4n) is 0. The minimum absolute atomic E-state index is 0. The molecular formula is H4Be2O2+4. The first-order valence-corrected chi connectivity index (χ1v) is 0. The molecule has 0 amide bonds. The van der Waals surface area contributed by atoms with Gasteiger partial charge in [-0.3, -0.25) is 0 Å². The van der Waals surface area contributed by atoms with E-state index in [0.717, 1.165) is 0 Å². The normalized spacial score (nSPS) is 0. The average molecular weight is 54.1 g/mol. The molecule has 0 rings (SSSR count). The van der Waals surface area contributed by atoms with E-state index in [1.54, 1.807) is 0 Å². The van der Waals surface area contributed by atoms with Gasteiger partial charge < -0.3 is 11.0 Å². The van der Waals surface area contributed by atoms with E-state index in [1.807, 2.05) is 0 Å². The molecule has 0 fully saturated rings. The molecule has 0 atom stereocenters. The molecule has 0 aliphatic carbocycles. The molecule has 0 heterocycles. The third-order valence-corrected chi connectivity index (χ3v) is 0. The van der Waals surface area contributed by atoms with Crippen LogP contribution in [0.3, 0.4) is 0 Å². The van der Waals surface area contributed by atoms with Gasteiger partial charge in [0.15, 0.2) is 0 Å². The van der Waals surface area contributed by atoms with Crippen molar-refractivity contribution >= 4 is 20.2 Å². The van der Waals surface area contributed by atoms with Crippen molar-refractivity contribution < 1.29 is 11.0 Å². The van der Waals surface area contributed by atoms with Crippen LogP contribution in [-0.2, 0) is 0 Å². The maximum absolute atomic E-state index is 0. The summed E-state index contributed by atoms with van der Waals surface area (Å²) in [6.07, 6.45) is 0. The summed E-state index contributed by atoms with van der Waals surface area (Å²) in [5, 5.41) is 0. The summed E-state index contributed by atoms with van der Waals surface area (Å²) >= 11 is 0. The topological polar surface area (TPSA) is 63.0 Å². The van der Waals surface area contributed by atoms with E-state index in [2.05, 4.69) is 0 Å². The van der Waals surface area contributed by atoms with Crippen molar-refractivity contribution in [1.82, 2.24) is 0 Å². The summed E-state index contributed by atoms with van der Waals surface area (Å²) in [6, 6.07) is 0. The van der Waals surface area contributed by atoms with Gasteiger partial charge >= 0.3 is 20.2 Å². The predicted octanol–water partition coefficient (Wildman–Crippen LogP) is -2.41. The largest absolute Gasteiger partial charge is 2.00 e. The molecule has 2 nitrogen and oxygen atoms in total. The summed E-state index contributed by atoms with van der Waals surface area (Å²) in [7, 11) is 0. The van der Waals surface area contributed by atoms with Gasteiger partial charge in [-0.05, 0) is 0 Å². The molecule has 0 aromatic heterocycles. The minimum atomic E-state index is 0. The Labute approximate surface area is 32.3 Å². The summed E-state index contributed by atoms with van der Waals surface area (Å²) in [4.78, 5) is 0. The quantitative estimate of drug-likeness (QED) is 0.276. The molecular weight excluding hydrogens is 50.0 g/mol. The van der Waals surface area contributed by atoms with Crippen LogP contribution in [-0.4, -0.2) is 31.2 Å². The van der Waals surface area contributed by atoms with Crippen LogP contribution in [0.5, 0.6) is 0 Å². The molecule has 0 aromatic rings. The van der Waals surface area contributed by atoms with Crippen LogP contribution in [0.4, 0.5) is 0 Å². The van der Waals surface area contributed by atoms with Gasteiger partial charge in [-0.1, -0.05) is 0 Å². The van der Waals surface area contributed by atoms with Gasteiger partial charge in [0.1, 0.15) is 0 Å². The van der Waals surface area contributed by atoms with Crippen LogP contribution in [0, 0.1) is 0 Å². The molecule has 4 N–H and O–H groups in total. The Kier molecular flexibility index (Phi) is 42600. The smallest absolute Gasteiger partial charge is 0.412 e. The van der Waals surface area contributed by atoms with Crippen molar-refractivity contribution in [2.45, 2.75) is 0 Å². The second kappa shape index (κ2) is 250. The Hall–Kier alpha value is 0.258. The maximum Gasteiger partial charge on any atom is 2.00 e. The molecule has 0 saturated carbocycles. The van der Waals surface area contributed by atoms with E-state index < -0.39 is 0 Å². The van der Waals surface area contributed by atoms with E-state index in [1.165, 1.54) is 0 Å². The summed E-state index contributed by atoms with van der Waals surface area (Å²) in [5.41, 5.74) is 0. The van der Waals surface area contributed by atoms with Gasteiger partial charge in [0.25, 0.3) is 0 Å². The monoisotopic (exact) mass is 54.0 g/mol. The minimum Gasteiger partial charge on any atom is -0.412 e. The summed E-state index contributed by atoms with van der Waals surface area (Å²) in [6.45, 7) is 0. The van der Waals surface area contributed by atoms with Gasteiger partial charge in [0, 0.05) is 0 Å². The second-order valence-electron chi connectivity index (χ2n) is 0. The van der Waals surface area contributed by atoms with Crippen molar-refractivity contribution in [2.75, 3.05) is 0 Å². The van der Waals surface area contributed by atoms with Crippen molar-refractivity contribution in [3.8, 4) is 0 Å². The third kappa shape index (κ3) is 53.8. The molecule has 0 spiro atoms. The van der Waals surface area contributed by atoms with E-state index in [9.17, 15) is 0 Å². The van der Waals surface area contributed by atoms with E-state index in [4.69, 9.17) is 0 Å². The molecule has 0 aromatic carbocycles. The zero-order valence-electron chi connectivity index (χ0n) is 2.41. The van der Waals surface area contributed by atoms with E-state index in [-0.39, 0.29) is 31.2 Å². The third-order valence-electron chi connectivity index (χ3n) is 0. The van der Waals surface area contributed by atoms with Gasteiger partial charge in [0.2, 0.25) is 0 Å². The number of rotatable bonds is 0. The Morgan fingerprint density at radius 1 is 0.500 bits per heavy atom. The molecule has 4 heavy (non-hydrogen) atoms. The maximum atomic E-state index is 0. The standard InChI is InChI=1S/2Be.2H2O/h;;2*1H2/q2*+2;;. The summed E-state index contributed by atoms with van der Waals surface area (Å²) in [5.74, 6) is 0. The van der Waals surface area contributed by atoms with Crippen LogP contribution in [0.1, 0.15) is 0 Å². The average Bonchev–Trinajstić information content (AvgIpc) is 0. The second-order valence-corrected chi connectivity index (χ2v) is 0. The first-order chi connectivity index (χ1) is 0. The fourth-order valence-corrected chi connectivity index (χ4v) is 0. The van der Waals surface area contributed by atoms with Crippen molar-refractivity contribution in [3.05, 3.63) is 0 Å². The SMILES string of the molecule is O.O.[Be+2].[Be+2]. The Morgan fingerprint density at radius 2 is 0.500 bits per heavy atom. The number of hydrogen-bond acceptors (Lipinski definition) is 0. The number of hydrogen-bond donors (Lipinski definition) is 0. The molecule has 0 radical (unpaired) electrons. The van der Waals surface area contributed by atoms with Gasteiger partial charge in [-0.25, -0.2) is 0 Å².